The molecular weight excluding hydrogens is 314 g/mol. The van der Waals surface area contributed by atoms with Gasteiger partial charge < -0.3 is 9.30 Å². The molecule has 0 aliphatic carbocycles. The molecule has 0 saturated carbocycles. The number of benzene rings is 1. The predicted octanol–water partition coefficient (Wildman–Crippen LogP) is 2.36. The molecule has 6 nitrogen and oxygen atoms in total. The summed E-state index contributed by atoms with van der Waals surface area (Å²) in [6, 6.07) is 7.09. The molecule has 0 aliphatic heterocycles. The fourth-order valence-electron chi connectivity index (χ4n) is 2.33. The van der Waals surface area contributed by atoms with Crippen LogP contribution in [0.3, 0.4) is 0 Å². The number of amides is 1. The van der Waals surface area contributed by atoms with Crippen LogP contribution in [-0.4, -0.2) is 29.2 Å². The smallest absolute Gasteiger partial charge is 0.259 e. The van der Waals surface area contributed by atoms with E-state index in [4.69, 9.17) is 4.74 Å². The standard InChI is InChI=1S/C16H15N3O3S/c1-22-8-7-19-10-13(14(20)18-16-17-6-9-23-16)11-4-2-3-5-12(11)15(19)21/h2-6,9-10H,7-8H2,1H3,(H,17,18,20). The SMILES string of the molecule is COCCn1cc(C(=O)Nc2nccs2)c2ccccc2c1=O. The first kappa shape index (κ1) is 15.4. The van der Waals surface area contributed by atoms with Crippen LogP contribution >= 0.6 is 11.3 Å². The molecule has 7 heteroatoms. The summed E-state index contributed by atoms with van der Waals surface area (Å²) in [6.07, 6.45) is 3.20. The molecule has 0 spiro atoms. The molecule has 0 saturated heterocycles. The van der Waals surface area contributed by atoms with Gasteiger partial charge in [-0.2, -0.15) is 0 Å². The highest BCUT2D eigenvalue weighted by Crippen LogP contribution is 2.18. The summed E-state index contributed by atoms with van der Waals surface area (Å²) in [4.78, 5) is 29.1. The number of anilines is 1. The highest BCUT2D eigenvalue weighted by molar-refractivity contribution is 7.13. The maximum absolute atomic E-state index is 12.6. The summed E-state index contributed by atoms with van der Waals surface area (Å²) >= 11 is 1.34. The van der Waals surface area contributed by atoms with Gasteiger partial charge in [0.15, 0.2) is 5.13 Å². The molecule has 2 aromatic heterocycles. The number of hydrogen-bond donors (Lipinski definition) is 1. The van der Waals surface area contributed by atoms with Crippen LogP contribution in [0.15, 0.2) is 46.8 Å². The van der Waals surface area contributed by atoms with E-state index in [1.165, 1.54) is 15.9 Å². The molecule has 0 unspecified atom stereocenters. The summed E-state index contributed by atoms with van der Waals surface area (Å²) in [5.41, 5.74) is 0.301. The Labute approximate surface area is 136 Å². The van der Waals surface area contributed by atoms with Gasteiger partial charge in [-0.25, -0.2) is 4.98 Å². The van der Waals surface area contributed by atoms with Gasteiger partial charge in [0, 0.05) is 42.2 Å². The lowest BCUT2D eigenvalue weighted by Gasteiger charge is -2.11. The number of aromatic nitrogens is 2. The monoisotopic (exact) mass is 329 g/mol. The third-order valence-corrected chi connectivity index (χ3v) is 4.12. The van der Waals surface area contributed by atoms with Crippen LogP contribution in [0.5, 0.6) is 0 Å². The maximum Gasteiger partial charge on any atom is 0.259 e. The number of carbonyl (C=O) groups is 1. The van der Waals surface area contributed by atoms with Crippen molar-refractivity contribution in [3.8, 4) is 0 Å². The number of methoxy groups -OCH3 is 1. The second kappa shape index (κ2) is 6.72. The number of nitrogens with zero attached hydrogens (tertiary/aromatic N) is 2. The zero-order chi connectivity index (χ0) is 16.2. The van der Waals surface area contributed by atoms with E-state index < -0.39 is 0 Å². The van der Waals surface area contributed by atoms with E-state index in [1.54, 1.807) is 49.1 Å². The van der Waals surface area contributed by atoms with Crippen LogP contribution in [0.1, 0.15) is 10.4 Å². The van der Waals surface area contributed by atoms with Gasteiger partial charge in [0.05, 0.1) is 12.2 Å². The molecule has 0 atom stereocenters. The van der Waals surface area contributed by atoms with Crippen LogP contribution < -0.4 is 10.9 Å². The Morgan fingerprint density at radius 1 is 1.35 bits per heavy atom. The molecular formula is C16H15N3O3S. The summed E-state index contributed by atoms with van der Waals surface area (Å²) in [7, 11) is 1.57. The van der Waals surface area contributed by atoms with Gasteiger partial charge in [0.25, 0.3) is 11.5 Å². The number of thiazole rings is 1. The van der Waals surface area contributed by atoms with Gasteiger partial charge in [-0.1, -0.05) is 18.2 Å². The van der Waals surface area contributed by atoms with Crippen LogP contribution in [0, 0.1) is 0 Å². The first-order valence-corrected chi connectivity index (χ1v) is 7.90. The van der Waals surface area contributed by atoms with E-state index in [1.807, 2.05) is 0 Å². The molecule has 3 rings (SSSR count). The number of fused-ring (bicyclic) bond motifs is 1. The van der Waals surface area contributed by atoms with Crippen molar-refractivity contribution in [2.45, 2.75) is 6.54 Å². The van der Waals surface area contributed by atoms with Crippen molar-refractivity contribution >= 4 is 33.1 Å². The van der Waals surface area contributed by atoms with E-state index in [2.05, 4.69) is 10.3 Å². The van der Waals surface area contributed by atoms with Gasteiger partial charge >= 0.3 is 0 Å². The molecule has 3 aromatic rings. The summed E-state index contributed by atoms with van der Waals surface area (Å²) in [5, 5.41) is 6.20. The van der Waals surface area contributed by atoms with Gasteiger partial charge in [0.2, 0.25) is 0 Å². The molecule has 1 amide bonds. The molecule has 118 valence electrons. The minimum atomic E-state index is -0.290. The number of hydrogen-bond acceptors (Lipinski definition) is 5. The fourth-order valence-corrected chi connectivity index (χ4v) is 2.85. The molecule has 1 N–H and O–H groups in total. The zero-order valence-corrected chi connectivity index (χ0v) is 13.3. The summed E-state index contributed by atoms with van der Waals surface area (Å²) in [6.45, 7) is 0.781. The van der Waals surface area contributed by atoms with Gasteiger partial charge in [-0.15, -0.1) is 11.3 Å². The van der Waals surface area contributed by atoms with Crippen molar-refractivity contribution in [2.24, 2.45) is 0 Å². The van der Waals surface area contributed by atoms with E-state index in [9.17, 15) is 9.59 Å². The van der Waals surface area contributed by atoms with E-state index >= 15 is 0 Å². The Morgan fingerprint density at radius 2 is 2.13 bits per heavy atom. The molecule has 0 bridgehead atoms. The normalized spacial score (nSPS) is 10.8. The fraction of sp³-hybridized carbons (Fsp3) is 0.188. The molecule has 23 heavy (non-hydrogen) atoms. The lowest BCUT2D eigenvalue weighted by molar-refractivity contribution is 0.102. The highest BCUT2D eigenvalue weighted by Gasteiger charge is 2.15. The van der Waals surface area contributed by atoms with Crippen molar-refractivity contribution in [3.63, 3.8) is 0 Å². The first-order valence-electron chi connectivity index (χ1n) is 7.02. The first-order chi connectivity index (χ1) is 11.2. The van der Waals surface area contributed by atoms with Crippen LogP contribution in [-0.2, 0) is 11.3 Å². The quantitative estimate of drug-likeness (QED) is 0.780. The third-order valence-electron chi connectivity index (χ3n) is 3.43. The number of nitrogens with one attached hydrogen (secondary N) is 1. The number of ether oxygens (including phenoxy) is 1. The average molecular weight is 329 g/mol. The number of pyridine rings is 1. The minimum Gasteiger partial charge on any atom is -0.383 e. The van der Waals surface area contributed by atoms with Crippen molar-refractivity contribution in [1.82, 2.24) is 9.55 Å². The van der Waals surface area contributed by atoms with E-state index in [-0.39, 0.29) is 11.5 Å². The van der Waals surface area contributed by atoms with Crippen LogP contribution in [0.2, 0.25) is 0 Å². The highest BCUT2D eigenvalue weighted by atomic mass is 32.1. The number of carbonyl (C=O) groups excluding carboxylic acids is 1. The molecule has 0 fully saturated rings. The topological polar surface area (TPSA) is 73.2 Å². The lowest BCUT2D eigenvalue weighted by atomic mass is 10.1. The van der Waals surface area contributed by atoms with E-state index in [0.717, 1.165) is 0 Å². The van der Waals surface area contributed by atoms with Crippen molar-refractivity contribution < 1.29 is 9.53 Å². The van der Waals surface area contributed by atoms with E-state index in [0.29, 0.717) is 34.6 Å². The summed E-state index contributed by atoms with van der Waals surface area (Å²) in [5.74, 6) is -0.290. The third kappa shape index (κ3) is 3.15. The predicted molar refractivity (Wildman–Crippen MR) is 90.2 cm³/mol. The second-order valence-electron chi connectivity index (χ2n) is 4.87. The Morgan fingerprint density at radius 3 is 2.83 bits per heavy atom. The van der Waals surface area contributed by atoms with Gasteiger partial charge in [-0.05, 0) is 6.07 Å². The summed E-state index contributed by atoms with van der Waals surface area (Å²) < 4.78 is 6.53. The minimum absolute atomic E-state index is 0.136. The molecule has 0 radical (unpaired) electrons. The Bertz CT molecular complexity index is 887. The Balaban J connectivity index is 2.08. The zero-order valence-electron chi connectivity index (χ0n) is 12.5. The molecule has 2 heterocycles. The van der Waals surface area contributed by atoms with Crippen LogP contribution in [0.4, 0.5) is 5.13 Å². The molecule has 1 aromatic carbocycles. The van der Waals surface area contributed by atoms with Crippen molar-refractivity contribution in [3.05, 3.63) is 58.0 Å². The van der Waals surface area contributed by atoms with Crippen LogP contribution in [0.25, 0.3) is 10.8 Å². The lowest BCUT2D eigenvalue weighted by Crippen LogP contribution is -2.25. The van der Waals surface area contributed by atoms with Gasteiger partial charge in [0.1, 0.15) is 0 Å². The average Bonchev–Trinajstić information content (AvgIpc) is 3.07. The van der Waals surface area contributed by atoms with Crippen molar-refractivity contribution in [1.29, 1.82) is 0 Å². The second-order valence-corrected chi connectivity index (χ2v) is 5.77. The number of rotatable bonds is 5. The molecule has 0 aliphatic rings. The largest absolute Gasteiger partial charge is 0.383 e. The van der Waals surface area contributed by atoms with Crippen molar-refractivity contribution in [2.75, 3.05) is 19.0 Å². The Kier molecular flexibility index (Phi) is 4.50. The maximum atomic E-state index is 12.6. The van der Waals surface area contributed by atoms with Gasteiger partial charge in [-0.3, -0.25) is 14.9 Å². The Hall–Kier alpha value is -2.51.